The summed E-state index contributed by atoms with van der Waals surface area (Å²) in [6.45, 7) is 8.86. The highest BCUT2D eigenvalue weighted by Crippen LogP contribution is 2.26. The van der Waals surface area contributed by atoms with Crippen molar-refractivity contribution in [3.63, 3.8) is 0 Å². The zero-order chi connectivity index (χ0) is 11.3. The zero-order valence-corrected chi connectivity index (χ0v) is 10.7. The predicted molar refractivity (Wildman–Crippen MR) is 66.9 cm³/mol. The van der Waals surface area contributed by atoms with E-state index in [1.165, 1.54) is 38.6 Å². The molecule has 0 aromatic rings. The van der Waals surface area contributed by atoms with E-state index in [2.05, 4.69) is 25.7 Å². The Morgan fingerprint density at radius 1 is 1.27 bits per heavy atom. The Bertz CT molecular complexity index is 162. The first-order valence-electron chi connectivity index (χ1n) is 6.64. The lowest BCUT2D eigenvalue weighted by molar-refractivity contribution is 0.130. The lowest BCUT2D eigenvalue weighted by atomic mass is 10.0. The van der Waals surface area contributed by atoms with Gasteiger partial charge in [0.15, 0.2) is 0 Å². The van der Waals surface area contributed by atoms with Crippen molar-refractivity contribution < 1.29 is 0 Å². The van der Waals surface area contributed by atoms with Gasteiger partial charge in [0.25, 0.3) is 0 Å². The van der Waals surface area contributed by atoms with Crippen LogP contribution in [0.25, 0.3) is 0 Å². The summed E-state index contributed by atoms with van der Waals surface area (Å²) >= 11 is 0. The zero-order valence-electron chi connectivity index (χ0n) is 10.7. The number of rotatable bonds is 6. The van der Waals surface area contributed by atoms with Crippen molar-refractivity contribution >= 4 is 0 Å². The van der Waals surface area contributed by atoms with Gasteiger partial charge in [-0.3, -0.25) is 4.90 Å². The third kappa shape index (κ3) is 3.76. The van der Waals surface area contributed by atoms with Gasteiger partial charge >= 0.3 is 0 Å². The molecule has 0 saturated heterocycles. The molecule has 0 heterocycles. The topological polar surface area (TPSA) is 29.3 Å². The van der Waals surface area contributed by atoms with Gasteiger partial charge in [-0.2, -0.15) is 0 Å². The van der Waals surface area contributed by atoms with Crippen LogP contribution in [0.4, 0.5) is 0 Å². The van der Waals surface area contributed by atoms with Crippen molar-refractivity contribution in [2.24, 2.45) is 11.7 Å². The number of nitrogens with two attached hydrogens (primary N) is 1. The fraction of sp³-hybridized carbons (Fsp3) is 1.00. The predicted octanol–water partition coefficient (Wildman–Crippen LogP) is 2.62. The van der Waals surface area contributed by atoms with E-state index in [0.717, 1.165) is 18.5 Å². The highest BCUT2D eigenvalue weighted by molar-refractivity contribution is 4.83. The molecule has 2 N–H and O–H groups in total. The molecular formula is C13H28N2. The number of nitrogens with zero attached hydrogens (tertiary/aromatic N) is 1. The maximum absolute atomic E-state index is 5.92. The molecule has 2 nitrogen and oxygen atoms in total. The summed E-state index contributed by atoms with van der Waals surface area (Å²) in [4.78, 5) is 2.66. The summed E-state index contributed by atoms with van der Waals surface area (Å²) < 4.78 is 0. The average molecular weight is 212 g/mol. The van der Waals surface area contributed by atoms with Crippen LogP contribution in [0.3, 0.4) is 0 Å². The normalized spacial score (nSPS) is 20.4. The molecule has 2 heteroatoms. The first kappa shape index (κ1) is 13.0. The smallest absolute Gasteiger partial charge is 0.0223 e. The van der Waals surface area contributed by atoms with Gasteiger partial charge in [0.2, 0.25) is 0 Å². The van der Waals surface area contributed by atoms with Gasteiger partial charge in [0.1, 0.15) is 0 Å². The van der Waals surface area contributed by atoms with Crippen LogP contribution in [0.5, 0.6) is 0 Å². The molecule has 90 valence electrons. The van der Waals surface area contributed by atoms with Crippen molar-refractivity contribution in [1.82, 2.24) is 4.90 Å². The lowest BCUT2D eigenvalue weighted by Gasteiger charge is -2.36. The molecule has 1 fully saturated rings. The molecule has 0 aromatic carbocycles. The van der Waals surface area contributed by atoms with Crippen molar-refractivity contribution in [2.75, 3.05) is 13.1 Å². The number of likely N-dealkylation sites (N-methyl/N-ethyl adjacent to an activating group) is 1. The minimum Gasteiger partial charge on any atom is -0.329 e. The Kier molecular flexibility index (Phi) is 5.62. The molecule has 1 aliphatic carbocycles. The molecule has 0 aliphatic heterocycles. The van der Waals surface area contributed by atoms with Gasteiger partial charge in [-0.15, -0.1) is 0 Å². The lowest BCUT2D eigenvalue weighted by Crippen LogP contribution is -2.46. The molecule has 0 bridgehead atoms. The van der Waals surface area contributed by atoms with Gasteiger partial charge in [0.05, 0.1) is 0 Å². The van der Waals surface area contributed by atoms with Crippen molar-refractivity contribution in [2.45, 2.75) is 65.0 Å². The van der Waals surface area contributed by atoms with Crippen LogP contribution in [0.15, 0.2) is 0 Å². The summed E-state index contributed by atoms with van der Waals surface area (Å²) in [7, 11) is 0. The van der Waals surface area contributed by atoms with E-state index in [-0.39, 0.29) is 0 Å². The molecule has 15 heavy (non-hydrogen) atoms. The molecular weight excluding hydrogens is 184 g/mol. The van der Waals surface area contributed by atoms with Crippen molar-refractivity contribution in [3.05, 3.63) is 0 Å². The van der Waals surface area contributed by atoms with E-state index in [4.69, 9.17) is 5.73 Å². The minimum atomic E-state index is 0.609. The summed E-state index contributed by atoms with van der Waals surface area (Å²) in [5.41, 5.74) is 5.92. The summed E-state index contributed by atoms with van der Waals surface area (Å²) in [6.07, 6.45) is 6.87. The Morgan fingerprint density at radius 3 is 2.27 bits per heavy atom. The average Bonchev–Trinajstić information content (AvgIpc) is 2.70. The van der Waals surface area contributed by atoms with Crippen LogP contribution in [0, 0.1) is 5.92 Å². The fourth-order valence-corrected chi connectivity index (χ4v) is 2.96. The Labute approximate surface area is 95.2 Å². The number of hydrogen-bond acceptors (Lipinski definition) is 2. The summed E-state index contributed by atoms with van der Waals surface area (Å²) in [5, 5.41) is 0. The molecule has 0 amide bonds. The van der Waals surface area contributed by atoms with E-state index in [1.54, 1.807) is 0 Å². The molecule has 1 atom stereocenters. The molecule has 1 unspecified atom stereocenters. The van der Waals surface area contributed by atoms with Gasteiger partial charge in [-0.1, -0.05) is 33.6 Å². The molecule has 1 saturated carbocycles. The Morgan fingerprint density at radius 2 is 1.87 bits per heavy atom. The SMILES string of the molecule is CCN(C1CCCC1)C(CN)CC(C)C. The van der Waals surface area contributed by atoms with Crippen LogP contribution in [0.2, 0.25) is 0 Å². The Balaban J connectivity index is 2.52. The first-order chi connectivity index (χ1) is 7.19. The summed E-state index contributed by atoms with van der Waals surface area (Å²) in [5.74, 6) is 0.758. The van der Waals surface area contributed by atoms with Crippen LogP contribution >= 0.6 is 0 Å². The second-order valence-electron chi connectivity index (χ2n) is 5.29. The van der Waals surface area contributed by atoms with Gasteiger partial charge < -0.3 is 5.73 Å². The standard InChI is InChI=1S/C13H28N2/c1-4-15(12-7-5-6-8-12)13(10-14)9-11(2)3/h11-13H,4-10,14H2,1-3H3. The highest BCUT2D eigenvalue weighted by Gasteiger charge is 2.26. The van der Waals surface area contributed by atoms with Crippen LogP contribution < -0.4 is 5.73 Å². The van der Waals surface area contributed by atoms with E-state index < -0.39 is 0 Å². The quantitative estimate of drug-likeness (QED) is 0.733. The summed E-state index contributed by atoms with van der Waals surface area (Å²) in [6, 6.07) is 1.43. The second-order valence-corrected chi connectivity index (χ2v) is 5.29. The Hall–Kier alpha value is -0.0800. The van der Waals surface area contributed by atoms with Crippen LogP contribution in [-0.4, -0.2) is 30.1 Å². The molecule has 0 radical (unpaired) electrons. The highest BCUT2D eigenvalue weighted by atomic mass is 15.2. The number of hydrogen-bond donors (Lipinski definition) is 1. The van der Waals surface area contributed by atoms with E-state index in [1.807, 2.05) is 0 Å². The van der Waals surface area contributed by atoms with Crippen molar-refractivity contribution in [1.29, 1.82) is 0 Å². The first-order valence-corrected chi connectivity index (χ1v) is 6.64. The molecule has 0 aromatic heterocycles. The largest absolute Gasteiger partial charge is 0.329 e. The third-order valence-corrected chi connectivity index (χ3v) is 3.64. The van der Waals surface area contributed by atoms with Crippen LogP contribution in [-0.2, 0) is 0 Å². The van der Waals surface area contributed by atoms with Gasteiger partial charge in [0, 0.05) is 18.6 Å². The molecule has 1 aliphatic rings. The van der Waals surface area contributed by atoms with Gasteiger partial charge in [-0.25, -0.2) is 0 Å². The van der Waals surface area contributed by atoms with Gasteiger partial charge in [-0.05, 0) is 31.7 Å². The minimum absolute atomic E-state index is 0.609. The van der Waals surface area contributed by atoms with Crippen molar-refractivity contribution in [3.8, 4) is 0 Å². The second kappa shape index (κ2) is 6.49. The van der Waals surface area contributed by atoms with E-state index >= 15 is 0 Å². The monoisotopic (exact) mass is 212 g/mol. The van der Waals surface area contributed by atoms with E-state index in [9.17, 15) is 0 Å². The third-order valence-electron chi connectivity index (χ3n) is 3.64. The molecule has 0 spiro atoms. The fourth-order valence-electron chi connectivity index (χ4n) is 2.96. The van der Waals surface area contributed by atoms with E-state index in [0.29, 0.717) is 6.04 Å². The maximum atomic E-state index is 5.92. The maximum Gasteiger partial charge on any atom is 0.0223 e. The van der Waals surface area contributed by atoms with Crippen LogP contribution in [0.1, 0.15) is 52.9 Å². The molecule has 1 rings (SSSR count).